The molecule has 0 saturated carbocycles. The van der Waals surface area contributed by atoms with Crippen LogP contribution in [0.1, 0.15) is 26.5 Å². The third-order valence-electron chi connectivity index (χ3n) is 3.44. The lowest BCUT2D eigenvalue weighted by atomic mass is 9.86. The zero-order valence-electron chi connectivity index (χ0n) is 12.5. The van der Waals surface area contributed by atoms with Crippen molar-refractivity contribution in [3.05, 3.63) is 27.9 Å². The molecule has 5 heteroatoms. The zero-order chi connectivity index (χ0) is 14.8. The number of aromatic nitrogens is 1. The fraction of sp³-hybridized carbons (Fsp3) is 0.533. The van der Waals surface area contributed by atoms with Crippen molar-refractivity contribution < 1.29 is 5.11 Å². The summed E-state index contributed by atoms with van der Waals surface area (Å²) >= 11 is 3.38. The largest absolute Gasteiger partial charge is 0.395 e. The molecule has 2 rings (SSSR count). The highest BCUT2D eigenvalue weighted by Crippen LogP contribution is 2.28. The van der Waals surface area contributed by atoms with Crippen LogP contribution in [0.2, 0.25) is 0 Å². The molecule has 1 N–H and O–H groups in total. The maximum absolute atomic E-state index is 9.61. The summed E-state index contributed by atoms with van der Waals surface area (Å²) in [4.78, 5) is 6.88. The number of thiophene rings is 1. The molecule has 0 radical (unpaired) electrons. The van der Waals surface area contributed by atoms with Gasteiger partial charge in [0.15, 0.2) is 0 Å². The van der Waals surface area contributed by atoms with Crippen LogP contribution in [-0.4, -0.2) is 34.7 Å². The average molecular weight is 310 g/mol. The minimum absolute atomic E-state index is 0.0513. The number of aliphatic hydroxyl groups excluding tert-OH is 1. The molecule has 0 aliphatic carbocycles. The lowest BCUT2D eigenvalue weighted by Crippen LogP contribution is -2.44. The summed E-state index contributed by atoms with van der Waals surface area (Å²) in [7, 11) is 2.05. The number of hydrogen-bond donors (Lipinski definition) is 1. The van der Waals surface area contributed by atoms with Gasteiger partial charge in [0.1, 0.15) is 5.01 Å². The first-order chi connectivity index (χ1) is 9.41. The molecule has 0 saturated heterocycles. The van der Waals surface area contributed by atoms with Gasteiger partial charge < -0.3 is 5.11 Å². The lowest BCUT2D eigenvalue weighted by molar-refractivity contribution is 0.0608. The molecule has 0 aliphatic rings. The Bertz CT molecular complexity index is 528. The van der Waals surface area contributed by atoms with Crippen molar-refractivity contribution in [1.29, 1.82) is 0 Å². The normalized spacial score (nSPS) is 13.9. The van der Waals surface area contributed by atoms with Crippen LogP contribution in [0.15, 0.2) is 22.2 Å². The molecule has 2 heterocycles. The molecule has 0 amide bonds. The van der Waals surface area contributed by atoms with Crippen molar-refractivity contribution in [3.8, 4) is 10.6 Å². The monoisotopic (exact) mass is 310 g/mol. The Morgan fingerprint density at radius 3 is 2.65 bits per heavy atom. The zero-order valence-corrected chi connectivity index (χ0v) is 14.1. The van der Waals surface area contributed by atoms with Crippen LogP contribution >= 0.6 is 22.7 Å². The van der Waals surface area contributed by atoms with Gasteiger partial charge in [-0.25, -0.2) is 4.98 Å². The molecule has 1 unspecified atom stereocenters. The number of hydrogen-bond acceptors (Lipinski definition) is 5. The van der Waals surface area contributed by atoms with E-state index < -0.39 is 0 Å². The van der Waals surface area contributed by atoms with Crippen molar-refractivity contribution in [2.24, 2.45) is 5.41 Å². The first-order valence-electron chi connectivity index (χ1n) is 6.70. The number of rotatable bonds is 5. The molecule has 20 heavy (non-hydrogen) atoms. The van der Waals surface area contributed by atoms with Gasteiger partial charge in [-0.2, -0.15) is 11.3 Å². The van der Waals surface area contributed by atoms with E-state index >= 15 is 0 Å². The highest BCUT2D eigenvalue weighted by atomic mass is 32.1. The molecular weight excluding hydrogens is 288 g/mol. The molecule has 0 aromatic carbocycles. The lowest BCUT2D eigenvalue weighted by Gasteiger charge is -2.36. The molecule has 0 spiro atoms. The van der Waals surface area contributed by atoms with Crippen LogP contribution in [0.4, 0.5) is 0 Å². The standard InChI is InChI=1S/C15H22N2OS2/c1-15(2,3)13(8-18)17(4)7-12-10-20-14(16-12)11-5-6-19-9-11/h5-6,9-10,13,18H,7-8H2,1-4H3. The first kappa shape index (κ1) is 15.6. The Labute approximate surface area is 128 Å². The van der Waals surface area contributed by atoms with Crippen molar-refractivity contribution in [2.75, 3.05) is 13.7 Å². The van der Waals surface area contributed by atoms with E-state index in [4.69, 9.17) is 4.98 Å². The fourth-order valence-electron chi connectivity index (χ4n) is 2.34. The van der Waals surface area contributed by atoms with Crippen LogP contribution in [0, 0.1) is 5.41 Å². The Morgan fingerprint density at radius 2 is 2.10 bits per heavy atom. The highest BCUT2D eigenvalue weighted by Gasteiger charge is 2.27. The molecule has 0 aliphatic heterocycles. The number of thiazole rings is 1. The molecule has 2 aromatic heterocycles. The van der Waals surface area contributed by atoms with Crippen LogP contribution in [0.5, 0.6) is 0 Å². The third kappa shape index (κ3) is 3.67. The maximum atomic E-state index is 9.61. The van der Waals surface area contributed by atoms with Crippen molar-refractivity contribution >= 4 is 22.7 Å². The van der Waals surface area contributed by atoms with E-state index in [0.29, 0.717) is 0 Å². The number of likely N-dealkylation sites (N-methyl/N-ethyl adjacent to an activating group) is 1. The Balaban J connectivity index is 2.07. The van der Waals surface area contributed by atoms with Gasteiger partial charge in [-0.3, -0.25) is 4.90 Å². The van der Waals surface area contributed by atoms with Crippen LogP contribution in [0.25, 0.3) is 10.6 Å². The smallest absolute Gasteiger partial charge is 0.124 e. The SMILES string of the molecule is CN(Cc1csc(-c2ccsc2)n1)C(CO)C(C)(C)C. The maximum Gasteiger partial charge on any atom is 0.124 e. The van der Waals surface area contributed by atoms with Gasteiger partial charge in [0.05, 0.1) is 12.3 Å². The van der Waals surface area contributed by atoms with Crippen LogP contribution in [-0.2, 0) is 6.54 Å². The highest BCUT2D eigenvalue weighted by molar-refractivity contribution is 7.14. The summed E-state index contributed by atoms with van der Waals surface area (Å²) < 4.78 is 0. The van der Waals surface area contributed by atoms with E-state index in [9.17, 15) is 5.11 Å². The minimum Gasteiger partial charge on any atom is -0.395 e. The predicted molar refractivity (Wildman–Crippen MR) is 87.2 cm³/mol. The van der Waals surface area contributed by atoms with Gasteiger partial charge in [-0.15, -0.1) is 11.3 Å². The number of nitrogens with zero attached hydrogens (tertiary/aromatic N) is 2. The molecule has 3 nitrogen and oxygen atoms in total. The van der Waals surface area contributed by atoms with Gasteiger partial charge in [0.25, 0.3) is 0 Å². The predicted octanol–water partition coefficient (Wildman–Crippen LogP) is 3.71. The molecular formula is C15H22N2OS2. The van der Waals surface area contributed by atoms with E-state index in [0.717, 1.165) is 17.2 Å². The second-order valence-electron chi connectivity index (χ2n) is 6.14. The van der Waals surface area contributed by atoms with E-state index in [-0.39, 0.29) is 18.1 Å². The van der Waals surface area contributed by atoms with E-state index in [1.807, 2.05) is 0 Å². The van der Waals surface area contributed by atoms with Crippen molar-refractivity contribution in [2.45, 2.75) is 33.4 Å². The van der Waals surface area contributed by atoms with E-state index in [2.05, 4.69) is 54.9 Å². The Hall–Kier alpha value is -0.750. The topological polar surface area (TPSA) is 36.4 Å². The summed E-state index contributed by atoms with van der Waals surface area (Å²) in [6, 6.07) is 2.23. The molecule has 110 valence electrons. The molecule has 0 fully saturated rings. The van der Waals surface area contributed by atoms with Crippen molar-refractivity contribution in [3.63, 3.8) is 0 Å². The van der Waals surface area contributed by atoms with Crippen LogP contribution in [0.3, 0.4) is 0 Å². The summed E-state index contributed by atoms with van der Waals surface area (Å²) in [5, 5.41) is 17.0. The second kappa shape index (κ2) is 6.35. The van der Waals surface area contributed by atoms with Gasteiger partial charge in [0, 0.05) is 28.9 Å². The van der Waals surface area contributed by atoms with Gasteiger partial charge >= 0.3 is 0 Å². The third-order valence-corrected chi connectivity index (χ3v) is 5.06. The molecule has 0 bridgehead atoms. The fourth-order valence-corrected chi connectivity index (χ4v) is 3.86. The van der Waals surface area contributed by atoms with Gasteiger partial charge in [-0.05, 0) is 23.9 Å². The minimum atomic E-state index is 0.0513. The van der Waals surface area contributed by atoms with Crippen molar-refractivity contribution in [1.82, 2.24) is 9.88 Å². The number of aliphatic hydroxyl groups is 1. The Kier molecular flexibility index (Phi) is 4.96. The quantitative estimate of drug-likeness (QED) is 0.914. The first-order valence-corrected chi connectivity index (χ1v) is 8.52. The second-order valence-corrected chi connectivity index (χ2v) is 7.77. The summed E-state index contributed by atoms with van der Waals surface area (Å²) in [5.41, 5.74) is 2.32. The average Bonchev–Trinajstić information content (AvgIpc) is 2.96. The Morgan fingerprint density at radius 1 is 1.35 bits per heavy atom. The van der Waals surface area contributed by atoms with E-state index in [1.165, 1.54) is 5.56 Å². The summed E-state index contributed by atoms with van der Waals surface area (Å²) in [6.07, 6.45) is 0. The summed E-state index contributed by atoms with van der Waals surface area (Å²) in [6.45, 7) is 7.40. The van der Waals surface area contributed by atoms with Gasteiger partial charge in [-0.1, -0.05) is 20.8 Å². The molecule has 2 aromatic rings. The van der Waals surface area contributed by atoms with E-state index in [1.54, 1.807) is 22.7 Å². The van der Waals surface area contributed by atoms with Crippen LogP contribution < -0.4 is 0 Å². The van der Waals surface area contributed by atoms with Gasteiger partial charge in [0.2, 0.25) is 0 Å². The summed E-state index contributed by atoms with van der Waals surface area (Å²) in [5.74, 6) is 0. The molecule has 1 atom stereocenters.